The summed E-state index contributed by atoms with van der Waals surface area (Å²) in [5.74, 6) is -0.522. The van der Waals surface area contributed by atoms with Gasteiger partial charge in [0.1, 0.15) is 0 Å². The van der Waals surface area contributed by atoms with Crippen LogP contribution in [0.1, 0.15) is 39.1 Å². The molecule has 2 N–H and O–H groups in total. The molecule has 2 fully saturated rings. The van der Waals surface area contributed by atoms with Gasteiger partial charge in [0.05, 0.1) is 30.3 Å². The number of methoxy groups -OCH3 is 2. The van der Waals surface area contributed by atoms with Gasteiger partial charge in [0.15, 0.2) is 11.5 Å². The fraction of sp³-hybridized carbons (Fsp3) is 0.296. The Morgan fingerprint density at radius 2 is 1.74 bits per heavy atom. The van der Waals surface area contributed by atoms with Crippen molar-refractivity contribution >= 4 is 52.4 Å². The lowest BCUT2D eigenvalue weighted by Gasteiger charge is -2.23. The number of benzene rings is 2. The number of amides is 5. The number of thioether (sulfide) groups is 1. The first kappa shape index (κ1) is 26.3. The molecule has 202 valence electrons. The highest BCUT2D eigenvalue weighted by molar-refractivity contribution is 8.18. The SMILES string of the molecule is COc1cc(C=C2SC(=O)NC2=O)c(N2CCC(NC(=O)CCN3C(=O)c4ccccc4C3=O)C2)cc1OC. The second-order valence-corrected chi connectivity index (χ2v) is 10.2. The maximum atomic E-state index is 12.7. The summed E-state index contributed by atoms with van der Waals surface area (Å²) in [5.41, 5.74) is 2.13. The van der Waals surface area contributed by atoms with Gasteiger partial charge in [-0.25, -0.2) is 0 Å². The molecule has 2 aromatic carbocycles. The minimum absolute atomic E-state index is 0.000460. The number of nitrogens with one attached hydrogen (secondary N) is 2. The average molecular weight is 551 g/mol. The molecule has 5 rings (SSSR count). The summed E-state index contributed by atoms with van der Waals surface area (Å²) in [6.07, 6.45) is 2.29. The monoisotopic (exact) mass is 550 g/mol. The molecule has 5 amide bonds. The highest BCUT2D eigenvalue weighted by atomic mass is 32.2. The fourth-order valence-electron chi connectivity index (χ4n) is 4.89. The number of carbonyl (C=O) groups excluding carboxylic acids is 5. The van der Waals surface area contributed by atoms with Crippen molar-refractivity contribution in [3.63, 3.8) is 0 Å². The predicted molar refractivity (Wildman–Crippen MR) is 144 cm³/mol. The number of anilines is 1. The maximum absolute atomic E-state index is 12.7. The summed E-state index contributed by atoms with van der Waals surface area (Å²) in [6.45, 7) is 1.11. The number of hydrogen-bond acceptors (Lipinski definition) is 9. The van der Waals surface area contributed by atoms with Gasteiger partial charge in [-0.15, -0.1) is 0 Å². The number of fused-ring (bicyclic) bond motifs is 1. The zero-order valence-corrected chi connectivity index (χ0v) is 22.1. The Labute approximate surface area is 228 Å². The van der Waals surface area contributed by atoms with Crippen molar-refractivity contribution in [2.24, 2.45) is 0 Å². The Morgan fingerprint density at radius 3 is 2.36 bits per heavy atom. The van der Waals surface area contributed by atoms with Gasteiger partial charge in [0.25, 0.3) is 23.0 Å². The molecule has 1 unspecified atom stereocenters. The summed E-state index contributed by atoms with van der Waals surface area (Å²) in [4.78, 5) is 65.1. The van der Waals surface area contributed by atoms with E-state index >= 15 is 0 Å². The molecule has 11 nitrogen and oxygen atoms in total. The van der Waals surface area contributed by atoms with Crippen LogP contribution in [0, 0.1) is 0 Å². The molecule has 0 aliphatic carbocycles. The molecule has 0 aromatic heterocycles. The normalized spacial score (nSPS) is 19.5. The van der Waals surface area contributed by atoms with Crippen molar-refractivity contribution in [3.05, 3.63) is 58.0 Å². The molecule has 0 bridgehead atoms. The van der Waals surface area contributed by atoms with Gasteiger partial charge in [-0.3, -0.25) is 34.2 Å². The Bertz CT molecular complexity index is 1390. The summed E-state index contributed by atoms with van der Waals surface area (Å²) < 4.78 is 10.9. The predicted octanol–water partition coefficient (Wildman–Crippen LogP) is 2.41. The fourth-order valence-corrected chi connectivity index (χ4v) is 5.56. The molecule has 2 aromatic rings. The molecule has 39 heavy (non-hydrogen) atoms. The van der Waals surface area contributed by atoms with Crippen molar-refractivity contribution in [1.29, 1.82) is 0 Å². The first-order chi connectivity index (χ1) is 18.8. The second-order valence-electron chi connectivity index (χ2n) is 9.17. The maximum Gasteiger partial charge on any atom is 0.290 e. The highest BCUT2D eigenvalue weighted by Crippen LogP contribution is 2.39. The molecule has 0 radical (unpaired) electrons. The quantitative estimate of drug-likeness (QED) is 0.375. The van der Waals surface area contributed by atoms with E-state index < -0.39 is 11.1 Å². The number of ether oxygens (including phenoxy) is 2. The molecular formula is C27H26N4O7S. The van der Waals surface area contributed by atoms with Crippen LogP contribution in [-0.2, 0) is 9.59 Å². The Balaban J connectivity index is 1.25. The molecule has 1 atom stereocenters. The largest absolute Gasteiger partial charge is 0.493 e. The lowest BCUT2D eigenvalue weighted by atomic mass is 10.1. The van der Waals surface area contributed by atoms with Gasteiger partial charge in [0.2, 0.25) is 5.91 Å². The van der Waals surface area contributed by atoms with Gasteiger partial charge in [-0.2, -0.15) is 0 Å². The number of hydrogen-bond donors (Lipinski definition) is 2. The molecule has 3 aliphatic heterocycles. The zero-order valence-electron chi connectivity index (χ0n) is 21.3. The number of rotatable bonds is 8. The lowest BCUT2D eigenvalue weighted by Crippen LogP contribution is -2.40. The molecule has 0 spiro atoms. The smallest absolute Gasteiger partial charge is 0.290 e. The highest BCUT2D eigenvalue weighted by Gasteiger charge is 2.35. The van der Waals surface area contributed by atoms with E-state index in [2.05, 4.69) is 15.5 Å². The van der Waals surface area contributed by atoms with E-state index in [1.165, 1.54) is 14.2 Å². The van der Waals surface area contributed by atoms with Crippen molar-refractivity contribution in [1.82, 2.24) is 15.5 Å². The van der Waals surface area contributed by atoms with Gasteiger partial charge >= 0.3 is 0 Å². The summed E-state index contributed by atoms with van der Waals surface area (Å²) in [7, 11) is 3.04. The molecule has 12 heteroatoms. The third kappa shape index (κ3) is 5.19. The third-order valence-electron chi connectivity index (χ3n) is 6.80. The Hall–Kier alpha value is -4.32. The van der Waals surface area contributed by atoms with Crippen molar-refractivity contribution in [2.75, 3.05) is 38.8 Å². The van der Waals surface area contributed by atoms with Crippen LogP contribution >= 0.6 is 11.8 Å². The van der Waals surface area contributed by atoms with Crippen LogP contribution < -0.4 is 25.0 Å². The Kier molecular flexibility index (Phi) is 7.29. The van der Waals surface area contributed by atoms with Crippen LogP contribution in [0.15, 0.2) is 41.3 Å². The summed E-state index contributed by atoms with van der Waals surface area (Å²) in [5, 5.41) is 4.82. The second kappa shape index (κ2) is 10.8. The molecule has 2 saturated heterocycles. The Morgan fingerprint density at radius 1 is 1.08 bits per heavy atom. The van der Waals surface area contributed by atoms with E-state index in [-0.39, 0.29) is 41.6 Å². The number of imide groups is 2. The van der Waals surface area contributed by atoms with Crippen LogP contribution in [0.2, 0.25) is 0 Å². The van der Waals surface area contributed by atoms with E-state index in [9.17, 15) is 24.0 Å². The van der Waals surface area contributed by atoms with Crippen LogP contribution in [-0.4, -0.2) is 73.7 Å². The van der Waals surface area contributed by atoms with Crippen LogP contribution in [0.5, 0.6) is 11.5 Å². The topological polar surface area (TPSA) is 134 Å². The molecule has 0 saturated carbocycles. The third-order valence-corrected chi connectivity index (χ3v) is 7.61. The average Bonchev–Trinajstić information content (AvgIpc) is 3.59. The van der Waals surface area contributed by atoms with Crippen LogP contribution in [0.25, 0.3) is 6.08 Å². The summed E-state index contributed by atoms with van der Waals surface area (Å²) in [6, 6.07) is 10.00. The standard InChI is InChI=1S/C27H26N4O7S/c1-37-20-11-15(12-22-24(33)29-27(36)39-22)19(13-21(20)38-2)30-9-7-16(14-30)28-23(32)8-10-31-25(34)17-5-3-4-6-18(17)26(31)35/h3-6,11-13,16H,7-10,14H2,1-2H3,(H,28,32)(H,29,33,36). The van der Waals surface area contributed by atoms with Crippen molar-refractivity contribution < 1.29 is 33.4 Å². The van der Waals surface area contributed by atoms with E-state index in [0.29, 0.717) is 47.7 Å². The van der Waals surface area contributed by atoms with Gasteiger partial charge < -0.3 is 19.7 Å². The molecule has 3 heterocycles. The van der Waals surface area contributed by atoms with Crippen molar-refractivity contribution in [2.45, 2.75) is 18.9 Å². The first-order valence-electron chi connectivity index (χ1n) is 12.3. The van der Waals surface area contributed by atoms with Gasteiger partial charge in [-0.1, -0.05) is 12.1 Å². The van der Waals surface area contributed by atoms with Gasteiger partial charge in [-0.05, 0) is 42.5 Å². The number of nitrogens with zero attached hydrogens (tertiary/aromatic N) is 2. The zero-order chi connectivity index (χ0) is 27.7. The van der Waals surface area contributed by atoms with E-state index in [0.717, 1.165) is 22.3 Å². The van der Waals surface area contributed by atoms with Crippen molar-refractivity contribution in [3.8, 4) is 11.5 Å². The first-order valence-corrected chi connectivity index (χ1v) is 13.1. The number of carbonyl (C=O) groups is 5. The minimum Gasteiger partial charge on any atom is -0.493 e. The van der Waals surface area contributed by atoms with E-state index in [1.807, 2.05) is 0 Å². The molecular weight excluding hydrogens is 524 g/mol. The van der Waals surface area contributed by atoms with E-state index in [4.69, 9.17) is 9.47 Å². The summed E-state index contributed by atoms with van der Waals surface area (Å²) >= 11 is 0.826. The van der Waals surface area contributed by atoms with E-state index in [1.54, 1.807) is 42.5 Å². The van der Waals surface area contributed by atoms with Crippen LogP contribution in [0.4, 0.5) is 10.5 Å². The molecule has 3 aliphatic rings. The lowest BCUT2D eigenvalue weighted by molar-refractivity contribution is -0.121. The minimum atomic E-state index is -0.463. The van der Waals surface area contributed by atoms with Crippen LogP contribution in [0.3, 0.4) is 0 Å². The van der Waals surface area contributed by atoms with Gasteiger partial charge in [0, 0.05) is 49.4 Å².